The summed E-state index contributed by atoms with van der Waals surface area (Å²) in [6.07, 6.45) is 2.48. The molecule has 1 atom stereocenters. The van der Waals surface area contributed by atoms with Gasteiger partial charge in [0.1, 0.15) is 17.3 Å². The highest BCUT2D eigenvalue weighted by Crippen LogP contribution is 2.40. The third-order valence-electron chi connectivity index (χ3n) is 6.63. The molecule has 7 nitrogen and oxygen atoms in total. The van der Waals surface area contributed by atoms with Gasteiger partial charge >= 0.3 is 0 Å². The van der Waals surface area contributed by atoms with E-state index < -0.39 is 17.7 Å². The molecule has 0 radical (unpaired) electrons. The summed E-state index contributed by atoms with van der Waals surface area (Å²) in [5.74, 6) is -0.276. The van der Waals surface area contributed by atoms with E-state index in [0.717, 1.165) is 16.5 Å². The van der Waals surface area contributed by atoms with Crippen LogP contribution in [0.4, 0.5) is 0 Å². The summed E-state index contributed by atoms with van der Waals surface area (Å²) < 4.78 is 10.5. The summed E-state index contributed by atoms with van der Waals surface area (Å²) in [6, 6.07) is 21.1. The van der Waals surface area contributed by atoms with Gasteiger partial charge < -0.3 is 24.5 Å². The normalized spacial score (nSPS) is 17.1. The van der Waals surface area contributed by atoms with Crippen LogP contribution in [0, 0.1) is 0 Å². The average molecular weight is 483 g/mol. The predicted octanol–water partition coefficient (Wildman–Crippen LogP) is 4.85. The lowest BCUT2D eigenvalue weighted by molar-refractivity contribution is -0.139. The first kappa shape index (κ1) is 23.2. The summed E-state index contributed by atoms with van der Waals surface area (Å²) in [6.45, 7) is 0.308. The minimum absolute atomic E-state index is 0.0641. The zero-order valence-electron chi connectivity index (χ0n) is 20.0. The van der Waals surface area contributed by atoms with Gasteiger partial charge in [0.05, 0.1) is 25.8 Å². The van der Waals surface area contributed by atoms with Crippen LogP contribution in [-0.2, 0) is 16.0 Å². The fourth-order valence-electron chi connectivity index (χ4n) is 4.73. The molecule has 2 heterocycles. The number of para-hydroxylation sites is 1. The van der Waals surface area contributed by atoms with Gasteiger partial charge in [0.15, 0.2) is 0 Å². The Kier molecular flexibility index (Phi) is 6.21. The number of likely N-dealkylation sites (tertiary alicyclic amines) is 1. The van der Waals surface area contributed by atoms with Crippen LogP contribution in [0.1, 0.15) is 22.7 Å². The molecule has 1 fully saturated rings. The standard InChI is InChI=1S/C29H26N2O5/c1-35-21-11-7-18(8-12-21)26-25(27(32)19-9-13-22(36-2)14-10-19)28(33)29(34)31(26)16-15-20-17-30-24-6-4-3-5-23(20)24/h3-14,17,26,30,32H,15-16H2,1-2H3/t26-/m0/s1. The van der Waals surface area contributed by atoms with Crippen molar-refractivity contribution in [3.63, 3.8) is 0 Å². The summed E-state index contributed by atoms with van der Waals surface area (Å²) in [4.78, 5) is 31.3. The number of ether oxygens (including phenoxy) is 2. The Bertz CT molecular complexity index is 1450. The summed E-state index contributed by atoms with van der Waals surface area (Å²) in [5.41, 5.74) is 3.28. The van der Waals surface area contributed by atoms with Crippen molar-refractivity contribution in [3.05, 3.63) is 101 Å². The zero-order valence-corrected chi connectivity index (χ0v) is 20.0. The van der Waals surface area contributed by atoms with E-state index in [1.165, 1.54) is 0 Å². The second-order valence-corrected chi connectivity index (χ2v) is 8.60. The minimum atomic E-state index is -0.733. The molecule has 1 saturated heterocycles. The number of fused-ring (bicyclic) bond motifs is 1. The van der Waals surface area contributed by atoms with E-state index in [0.29, 0.717) is 35.6 Å². The molecule has 2 N–H and O–H groups in total. The SMILES string of the molecule is COc1ccc(C(O)=C2C(=O)C(=O)N(CCc3c[nH]c4ccccc34)[C@H]2c2ccc(OC)cc2)cc1. The van der Waals surface area contributed by atoms with E-state index in [-0.39, 0.29) is 11.3 Å². The van der Waals surface area contributed by atoms with Crippen molar-refractivity contribution in [2.24, 2.45) is 0 Å². The second-order valence-electron chi connectivity index (χ2n) is 8.60. The Balaban J connectivity index is 1.55. The number of H-pyrrole nitrogens is 1. The Morgan fingerprint density at radius 1 is 0.917 bits per heavy atom. The molecule has 1 aliphatic heterocycles. The highest BCUT2D eigenvalue weighted by Gasteiger charge is 2.45. The Labute approximate surface area is 208 Å². The monoisotopic (exact) mass is 482 g/mol. The maximum Gasteiger partial charge on any atom is 0.295 e. The predicted molar refractivity (Wildman–Crippen MR) is 137 cm³/mol. The molecule has 5 rings (SSSR count). The number of rotatable bonds is 7. The van der Waals surface area contributed by atoms with Gasteiger partial charge in [-0.05, 0) is 60.0 Å². The third-order valence-corrected chi connectivity index (χ3v) is 6.63. The van der Waals surface area contributed by atoms with Crippen LogP contribution in [0.15, 0.2) is 84.6 Å². The van der Waals surface area contributed by atoms with Crippen LogP contribution in [0.5, 0.6) is 11.5 Å². The van der Waals surface area contributed by atoms with Gasteiger partial charge in [0.25, 0.3) is 11.7 Å². The van der Waals surface area contributed by atoms with Crippen LogP contribution < -0.4 is 9.47 Å². The number of hydrogen-bond donors (Lipinski definition) is 2. The summed E-state index contributed by atoms with van der Waals surface area (Å²) >= 11 is 0. The number of amides is 1. The van der Waals surface area contributed by atoms with Crippen molar-refractivity contribution < 1.29 is 24.2 Å². The maximum absolute atomic E-state index is 13.3. The molecule has 1 amide bonds. The lowest BCUT2D eigenvalue weighted by atomic mass is 9.95. The molecule has 0 unspecified atom stereocenters. The number of aromatic amines is 1. The molecule has 0 saturated carbocycles. The molecule has 0 spiro atoms. The molecule has 4 aromatic rings. The molecule has 7 heteroatoms. The number of ketones is 1. The molecule has 182 valence electrons. The number of Topliss-reactive ketones (excluding diaryl/α,β-unsaturated/α-hetero) is 1. The average Bonchev–Trinajstić information content (AvgIpc) is 3.45. The van der Waals surface area contributed by atoms with Crippen molar-refractivity contribution in [2.75, 3.05) is 20.8 Å². The highest BCUT2D eigenvalue weighted by molar-refractivity contribution is 6.46. The van der Waals surface area contributed by atoms with E-state index in [1.54, 1.807) is 55.5 Å². The van der Waals surface area contributed by atoms with Gasteiger partial charge in [0.2, 0.25) is 0 Å². The number of carbonyl (C=O) groups excluding carboxylic acids is 2. The molecule has 1 aromatic heterocycles. The van der Waals surface area contributed by atoms with Crippen LogP contribution >= 0.6 is 0 Å². The topological polar surface area (TPSA) is 91.9 Å². The second kappa shape index (κ2) is 9.62. The Morgan fingerprint density at radius 3 is 2.22 bits per heavy atom. The zero-order chi connectivity index (χ0) is 25.2. The van der Waals surface area contributed by atoms with Crippen LogP contribution in [0.3, 0.4) is 0 Å². The van der Waals surface area contributed by atoms with Gasteiger partial charge in [-0.15, -0.1) is 0 Å². The van der Waals surface area contributed by atoms with Crippen LogP contribution in [-0.4, -0.2) is 47.4 Å². The third kappa shape index (κ3) is 4.09. The van der Waals surface area contributed by atoms with Gasteiger partial charge in [-0.3, -0.25) is 9.59 Å². The van der Waals surface area contributed by atoms with E-state index in [1.807, 2.05) is 42.6 Å². The number of hydrogen-bond acceptors (Lipinski definition) is 5. The number of nitrogens with one attached hydrogen (secondary N) is 1. The first-order chi connectivity index (χ1) is 17.5. The van der Waals surface area contributed by atoms with E-state index in [9.17, 15) is 14.7 Å². The van der Waals surface area contributed by atoms with Crippen molar-refractivity contribution in [1.29, 1.82) is 0 Å². The molecular formula is C29H26N2O5. The Hall–Kier alpha value is -4.52. The van der Waals surface area contributed by atoms with E-state index >= 15 is 0 Å². The van der Waals surface area contributed by atoms with Crippen LogP contribution in [0.25, 0.3) is 16.7 Å². The number of benzene rings is 3. The number of aliphatic hydroxyl groups excluding tert-OH is 1. The maximum atomic E-state index is 13.3. The highest BCUT2D eigenvalue weighted by atomic mass is 16.5. The summed E-state index contributed by atoms with van der Waals surface area (Å²) in [7, 11) is 3.13. The molecule has 3 aromatic carbocycles. The van der Waals surface area contributed by atoms with E-state index in [2.05, 4.69) is 4.98 Å². The van der Waals surface area contributed by atoms with Gasteiger partial charge in [-0.2, -0.15) is 0 Å². The van der Waals surface area contributed by atoms with Crippen molar-refractivity contribution in [1.82, 2.24) is 9.88 Å². The molecular weight excluding hydrogens is 456 g/mol. The molecule has 0 aliphatic carbocycles. The smallest absolute Gasteiger partial charge is 0.295 e. The van der Waals surface area contributed by atoms with Crippen molar-refractivity contribution >= 4 is 28.4 Å². The van der Waals surface area contributed by atoms with Crippen molar-refractivity contribution in [2.45, 2.75) is 12.5 Å². The summed E-state index contributed by atoms with van der Waals surface area (Å²) in [5, 5.41) is 12.3. The van der Waals surface area contributed by atoms with Gasteiger partial charge in [-0.25, -0.2) is 0 Å². The molecule has 36 heavy (non-hydrogen) atoms. The van der Waals surface area contributed by atoms with Crippen LogP contribution in [0.2, 0.25) is 0 Å². The minimum Gasteiger partial charge on any atom is -0.507 e. The van der Waals surface area contributed by atoms with Crippen molar-refractivity contribution in [3.8, 4) is 11.5 Å². The number of carbonyl (C=O) groups is 2. The number of methoxy groups -OCH3 is 2. The van der Waals surface area contributed by atoms with Gasteiger partial charge in [0, 0.05) is 29.2 Å². The number of nitrogens with zero attached hydrogens (tertiary/aromatic N) is 1. The fraction of sp³-hybridized carbons (Fsp3) is 0.172. The lowest BCUT2D eigenvalue weighted by Gasteiger charge is -2.25. The first-order valence-electron chi connectivity index (χ1n) is 11.6. The lowest BCUT2D eigenvalue weighted by Crippen LogP contribution is -2.31. The number of aliphatic hydroxyl groups is 1. The van der Waals surface area contributed by atoms with Gasteiger partial charge in [-0.1, -0.05) is 30.3 Å². The Morgan fingerprint density at radius 2 is 1.56 bits per heavy atom. The van der Waals surface area contributed by atoms with E-state index in [4.69, 9.17) is 9.47 Å². The quantitative estimate of drug-likeness (QED) is 0.223. The molecule has 0 bridgehead atoms. The first-order valence-corrected chi connectivity index (χ1v) is 11.6. The number of aromatic nitrogens is 1. The fourth-order valence-corrected chi connectivity index (χ4v) is 4.73. The molecule has 1 aliphatic rings. The largest absolute Gasteiger partial charge is 0.507 e.